The minimum absolute atomic E-state index is 0.175. The third kappa shape index (κ3) is 4.30. The van der Waals surface area contributed by atoms with E-state index >= 15 is 0 Å². The van der Waals surface area contributed by atoms with E-state index in [4.69, 9.17) is 11.6 Å². The van der Waals surface area contributed by atoms with Gasteiger partial charge in [-0.2, -0.15) is 0 Å². The molecule has 0 spiro atoms. The molecular formula is C20H16ClN3O3. The Morgan fingerprint density at radius 2 is 1.96 bits per heavy atom. The van der Waals surface area contributed by atoms with Gasteiger partial charge in [0.25, 0.3) is 5.69 Å². The van der Waals surface area contributed by atoms with Crippen molar-refractivity contribution < 1.29 is 9.72 Å². The number of nitro benzene ring substituents is 1. The molecule has 0 saturated carbocycles. The zero-order chi connectivity index (χ0) is 19.4. The van der Waals surface area contributed by atoms with Crippen molar-refractivity contribution >= 4 is 28.8 Å². The van der Waals surface area contributed by atoms with Crippen molar-refractivity contribution in [1.82, 2.24) is 4.98 Å². The van der Waals surface area contributed by atoms with Gasteiger partial charge in [0.05, 0.1) is 16.7 Å². The van der Waals surface area contributed by atoms with Crippen LogP contribution in [0.5, 0.6) is 0 Å². The Morgan fingerprint density at radius 3 is 2.59 bits per heavy atom. The fraction of sp³-hybridized carbons (Fsp3) is 0.100. The molecule has 1 heterocycles. The number of halogens is 1. The number of Topliss-reactive ketones (excluding diaryl/α,β-unsaturated/α-hetero) is 1. The van der Waals surface area contributed by atoms with Crippen LogP contribution in [0.15, 0.2) is 66.9 Å². The van der Waals surface area contributed by atoms with E-state index in [0.717, 1.165) is 5.56 Å². The van der Waals surface area contributed by atoms with Gasteiger partial charge in [0.2, 0.25) is 0 Å². The molecule has 1 unspecified atom stereocenters. The lowest BCUT2D eigenvalue weighted by atomic mass is 10.0. The molecule has 0 aliphatic heterocycles. The second-order valence-corrected chi connectivity index (χ2v) is 6.37. The highest BCUT2D eigenvalue weighted by Crippen LogP contribution is 2.32. The van der Waals surface area contributed by atoms with Crippen LogP contribution >= 0.6 is 11.6 Å². The molecule has 1 atom stereocenters. The Labute approximate surface area is 161 Å². The fourth-order valence-electron chi connectivity index (χ4n) is 2.74. The number of pyridine rings is 1. The maximum absolute atomic E-state index is 11.6. The number of nitro groups is 1. The first kappa shape index (κ1) is 18.5. The number of carbonyl (C=O) groups excluding carboxylic acids is 1. The van der Waals surface area contributed by atoms with E-state index in [2.05, 4.69) is 10.3 Å². The van der Waals surface area contributed by atoms with Crippen LogP contribution in [-0.4, -0.2) is 15.7 Å². The summed E-state index contributed by atoms with van der Waals surface area (Å²) in [6, 6.07) is 16.6. The predicted molar refractivity (Wildman–Crippen MR) is 104 cm³/mol. The molecule has 1 aromatic heterocycles. The first-order valence-electron chi connectivity index (χ1n) is 8.18. The van der Waals surface area contributed by atoms with Crippen molar-refractivity contribution in [3.05, 3.63) is 98.8 Å². The van der Waals surface area contributed by atoms with Gasteiger partial charge in [-0.15, -0.1) is 0 Å². The van der Waals surface area contributed by atoms with Crippen molar-refractivity contribution in [2.75, 3.05) is 5.32 Å². The van der Waals surface area contributed by atoms with E-state index in [1.54, 1.807) is 30.5 Å². The van der Waals surface area contributed by atoms with Crippen molar-refractivity contribution in [2.45, 2.75) is 13.0 Å². The molecule has 0 bridgehead atoms. The van der Waals surface area contributed by atoms with Gasteiger partial charge in [0.1, 0.15) is 5.69 Å². The Morgan fingerprint density at radius 1 is 1.15 bits per heavy atom. The number of aromatic nitrogens is 1. The molecule has 0 aliphatic rings. The van der Waals surface area contributed by atoms with E-state index in [0.29, 0.717) is 16.4 Å². The third-order valence-corrected chi connectivity index (χ3v) is 4.30. The quantitative estimate of drug-likeness (QED) is 0.367. The Hall–Kier alpha value is -3.25. The minimum atomic E-state index is -0.512. The summed E-state index contributed by atoms with van der Waals surface area (Å²) in [7, 11) is 0. The summed E-state index contributed by atoms with van der Waals surface area (Å²) in [4.78, 5) is 26.9. The number of benzene rings is 2. The molecule has 3 aromatic rings. The zero-order valence-corrected chi connectivity index (χ0v) is 15.2. The average Bonchev–Trinajstić information content (AvgIpc) is 2.66. The van der Waals surface area contributed by atoms with Crippen LogP contribution in [0.25, 0.3) is 0 Å². The lowest BCUT2D eigenvalue weighted by Gasteiger charge is -2.20. The largest absolute Gasteiger partial charge is 0.367 e. The third-order valence-electron chi connectivity index (χ3n) is 4.07. The summed E-state index contributed by atoms with van der Waals surface area (Å²) >= 11 is 6.12. The number of hydrogen-bond donors (Lipinski definition) is 1. The van der Waals surface area contributed by atoms with Gasteiger partial charge in [-0.05, 0) is 48.9 Å². The molecule has 6 nitrogen and oxygen atoms in total. The van der Waals surface area contributed by atoms with Crippen LogP contribution in [0, 0.1) is 10.1 Å². The maximum atomic E-state index is 11.6. The van der Waals surface area contributed by atoms with E-state index in [1.807, 2.05) is 24.3 Å². The molecule has 27 heavy (non-hydrogen) atoms. The topological polar surface area (TPSA) is 85.1 Å². The van der Waals surface area contributed by atoms with Crippen LogP contribution in [0.4, 0.5) is 11.4 Å². The first-order valence-corrected chi connectivity index (χ1v) is 8.56. The summed E-state index contributed by atoms with van der Waals surface area (Å²) in [5.41, 5.74) is 1.89. The Balaban J connectivity index is 2.07. The second kappa shape index (κ2) is 7.97. The summed E-state index contributed by atoms with van der Waals surface area (Å²) in [6.45, 7) is 1.37. The fourth-order valence-corrected chi connectivity index (χ4v) is 2.94. The zero-order valence-electron chi connectivity index (χ0n) is 14.4. The van der Waals surface area contributed by atoms with Crippen molar-refractivity contribution in [3.8, 4) is 0 Å². The van der Waals surface area contributed by atoms with E-state index in [9.17, 15) is 14.9 Å². The highest BCUT2D eigenvalue weighted by Gasteiger charge is 2.22. The lowest BCUT2D eigenvalue weighted by Crippen LogP contribution is -2.15. The molecule has 0 radical (unpaired) electrons. The number of nitrogens with zero attached hydrogens (tertiary/aromatic N) is 2. The monoisotopic (exact) mass is 381 g/mol. The number of hydrogen-bond acceptors (Lipinski definition) is 5. The molecule has 0 saturated heterocycles. The van der Waals surface area contributed by atoms with Crippen LogP contribution in [-0.2, 0) is 0 Å². The van der Waals surface area contributed by atoms with Gasteiger partial charge < -0.3 is 5.32 Å². The van der Waals surface area contributed by atoms with Crippen molar-refractivity contribution in [2.24, 2.45) is 0 Å². The number of nitrogens with one attached hydrogen (secondary N) is 1. The number of carbonyl (C=O) groups is 1. The van der Waals surface area contributed by atoms with Crippen LogP contribution in [0.2, 0.25) is 5.02 Å². The highest BCUT2D eigenvalue weighted by molar-refractivity contribution is 6.30. The normalized spacial score (nSPS) is 11.6. The van der Waals surface area contributed by atoms with Crippen molar-refractivity contribution in [3.63, 3.8) is 0 Å². The van der Waals surface area contributed by atoms with Gasteiger partial charge in [0.15, 0.2) is 5.78 Å². The van der Waals surface area contributed by atoms with E-state index in [1.165, 1.54) is 19.1 Å². The second-order valence-electron chi connectivity index (χ2n) is 5.93. The predicted octanol–water partition coefficient (Wildman–Crippen LogP) is 5.05. The van der Waals surface area contributed by atoms with E-state index in [-0.39, 0.29) is 17.0 Å². The van der Waals surface area contributed by atoms with Crippen LogP contribution in [0.1, 0.15) is 34.6 Å². The van der Waals surface area contributed by atoms with Gasteiger partial charge >= 0.3 is 0 Å². The van der Waals surface area contributed by atoms with Gasteiger partial charge in [0, 0.05) is 22.8 Å². The molecule has 1 N–H and O–H groups in total. The molecule has 0 fully saturated rings. The summed E-state index contributed by atoms with van der Waals surface area (Å²) < 4.78 is 0. The van der Waals surface area contributed by atoms with Crippen LogP contribution < -0.4 is 5.32 Å². The molecule has 2 aromatic carbocycles. The number of ketones is 1. The standard InChI is InChI=1S/C20H16ClN3O3/c1-13(25)14-8-9-17(19(12-14)24(26)27)23-20(18-7-2-3-10-22-18)15-5-4-6-16(21)11-15/h2-12,20,23H,1H3. The molecule has 0 aliphatic carbocycles. The Kier molecular flexibility index (Phi) is 5.47. The smallest absolute Gasteiger partial charge is 0.293 e. The molecule has 3 rings (SSSR count). The molecule has 7 heteroatoms. The Bertz CT molecular complexity index is 993. The van der Waals surface area contributed by atoms with E-state index < -0.39 is 11.0 Å². The number of anilines is 1. The summed E-state index contributed by atoms with van der Waals surface area (Å²) in [6.07, 6.45) is 1.65. The van der Waals surface area contributed by atoms with Crippen LogP contribution in [0.3, 0.4) is 0 Å². The van der Waals surface area contributed by atoms with Crippen molar-refractivity contribution in [1.29, 1.82) is 0 Å². The number of rotatable bonds is 6. The SMILES string of the molecule is CC(=O)c1ccc(NC(c2cccc(Cl)c2)c2ccccn2)c([N+](=O)[O-])c1. The first-order chi connectivity index (χ1) is 13.0. The molecule has 136 valence electrons. The van der Waals surface area contributed by atoms with Gasteiger partial charge in [-0.3, -0.25) is 19.9 Å². The summed E-state index contributed by atoms with van der Waals surface area (Å²) in [5, 5.41) is 15.3. The molecular weight excluding hydrogens is 366 g/mol. The minimum Gasteiger partial charge on any atom is -0.367 e. The highest BCUT2D eigenvalue weighted by atomic mass is 35.5. The van der Waals surface area contributed by atoms with Gasteiger partial charge in [-0.1, -0.05) is 29.8 Å². The van der Waals surface area contributed by atoms with Gasteiger partial charge in [-0.25, -0.2) is 0 Å². The summed E-state index contributed by atoms with van der Waals surface area (Å²) in [5.74, 6) is -0.235. The lowest BCUT2D eigenvalue weighted by molar-refractivity contribution is -0.384. The average molecular weight is 382 g/mol. The maximum Gasteiger partial charge on any atom is 0.293 e. The molecule has 0 amide bonds.